The zero-order valence-corrected chi connectivity index (χ0v) is 13.0. The molecule has 0 spiro atoms. The molecule has 0 heterocycles. The van der Waals surface area contributed by atoms with E-state index in [0.717, 1.165) is 16.4 Å². The van der Waals surface area contributed by atoms with E-state index in [1.807, 2.05) is 0 Å². The van der Waals surface area contributed by atoms with Crippen LogP contribution in [-0.2, 0) is 10.0 Å². The normalized spacial score (nSPS) is 11.2. The van der Waals surface area contributed by atoms with E-state index in [4.69, 9.17) is 16.3 Å². The third-order valence-corrected chi connectivity index (χ3v) is 5.07. The number of benzene rings is 2. The summed E-state index contributed by atoms with van der Waals surface area (Å²) >= 11 is 5.99. The van der Waals surface area contributed by atoms with Gasteiger partial charge in [0.1, 0.15) is 11.6 Å². The summed E-state index contributed by atoms with van der Waals surface area (Å²) in [7, 11) is -0.906. The van der Waals surface area contributed by atoms with E-state index in [0.29, 0.717) is 16.5 Å². The Morgan fingerprint density at radius 2 is 1.76 bits per heavy atom. The topological polar surface area (TPSA) is 46.6 Å². The van der Waals surface area contributed by atoms with Gasteiger partial charge in [-0.2, -0.15) is 0 Å². The summed E-state index contributed by atoms with van der Waals surface area (Å²) in [6.07, 6.45) is 0. The molecule has 0 aliphatic rings. The Kier molecular flexibility index (Phi) is 4.39. The van der Waals surface area contributed by atoms with Crippen LogP contribution in [0.1, 0.15) is 0 Å². The van der Waals surface area contributed by atoms with Crippen LogP contribution in [0.3, 0.4) is 0 Å². The van der Waals surface area contributed by atoms with Crippen LogP contribution in [0, 0.1) is 5.82 Å². The van der Waals surface area contributed by atoms with Crippen LogP contribution in [0.4, 0.5) is 10.1 Å². The van der Waals surface area contributed by atoms with E-state index >= 15 is 0 Å². The SMILES string of the molecule is COc1ccc(N(C)S(=O)(=O)c2ccc(F)cc2)cc1Cl. The van der Waals surface area contributed by atoms with Crippen molar-refractivity contribution in [1.82, 2.24) is 0 Å². The smallest absolute Gasteiger partial charge is 0.264 e. The fourth-order valence-electron chi connectivity index (χ4n) is 1.75. The molecule has 0 aliphatic carbocycles. The second-order valence-electron chi connectivity index (χ2n) is 4.25. The second kappa shape index (κ2) is 5.91. The third kappa shape index (κ3) is 3.11. The number of ether oxygens (including phenoxy) is 1. The molecule has 2 aromatic carbocycles. The Hall–Kier alpha value is -1.79. The van der Waals surface area contributed by atoms with E-state index in [-0.39, 0.29) is 4.90 Å². The molecule has 21 heavy (non-hydrogen) atoms. The number of hydrogen-bond acceptors (Lipinski definition) is 3. The number of anilines is 1. The minimum atomic E-state index is -3.78. The van der Waals surface area contributed by atoms with Gasteiger partial charge in [-0.15, -0.1) is 0 Å². The Balaban J connectivity index is 2.40. The Morgan fingerprint density at radius 3 is 2.29 bits per heavy atom. The standard InChI is InChI=1S/C14H13ClFNO3S/c1-17(11-5-8-14(20-2)13(15)9-11)21(18,19)12-6-3-10(16)4-7-12/h3-9H,1-2H3. The lowest BCUT2D eigenvalue weighted by Gasteiger charge is -2.20. The molecule has 0 radical (unpaired) electrons. The van der Waals surface area contributed by atoms with Gasteiger partial charge in [-0.1, -0.05) is 11.6 Å². The van der Waals surface area contributed by atoms with Crippen molar-refractivity contribution >= 4 is 27.3 Å². The molecule has 0 saturated carbocycles. The fraction of sp³-hybridized carbons (Fsp3) is 0.143. The Morgan fingerprint density at radius 1 is 1.14 bits per heavy atom. The van der Waals surface area contributed by atoms with Crippen molar-refractivity contribution in [3.05, 3.63) is 53.3 Å². The molecular weight excluding hydrogens is 317 g/mol. The highest BCUT2D eigenvalue weighted by atomic mass is 35.5. The van der Waals surface area contributed by atoms with Crippen LogP contribution >= 0.6 is 11.6 Å². The maximum absolute atomic E-state index is 12.9. The van der Waals surface area contributed by atoms with Crippen molar-refractivity contribution in [2.24, 2.45) is 0 Å². The number of hydrogen-bond donors (Lipinski definition) is 0. The molecule has 0 saturated heterocycles. The van der Waals surface area contributed by atoms with Crippen molar-refractivity contribution in [2.75, 3.05) is 18.5 Å². The summed E-state index contributed by atoms with van der Waals surface area (Å²) in [5.41, 5.74) is 0.380. The van der Waals surface area contributed by atoms with Crippen molar-refractivity contribution in [3.63, 3.8) is 0 Å². The van der Waals surface area contributed by atoms with E-state index in [1.165, 1.54) is 32.4 Å². The molecule has 0 aromatic heterocycles. The lowest BCUT2D eigenvalue weighted by molar-refractivity contribution is 0.415. The van der Waals surface area contributed by atoms with Crippen LogP contribution in [0.2, 0.25) is 5.02 Å². The summed E-state index contributed by atoms with van der Waals surface area (Å²) in [6, 6.07) is 9.27. The summed E-state index contributed by atoms with van der Waals surface area (Å²) in [5, 5.41) is 0.302. The minimum Gasteiger partial charge on any atom is -0.495 e. The summed E-state index contributed by atoms with van der Waals surface area (Å²) in [5.74, 6) is -0.0444. The molecule has 7 heteroatoms. The maximum Gasteiger partial charge on any atom is 0.264 e. The summed E-state index contributed by atoms with van der Waals surface area (Å²) < 4.78 is 43.9. The number of sulfonamides is 1. The predicted molar refractivity (Wildman–Crippen MR) is 80.0 cm³/mol. The highest BCUT2D eigenvalue weighted by Gasteiger charge is 2.21. The number of halogens is 2. The van der Waals surface area contributed by atoms with E-state index in [1.54, 1.807) is 12.1 Å². The van der Waals surface area contributed by atoms with Crippen molar-refractivity contribution in [1.29, 1.82) is 0 Å². The van der Waals surface area contributed by atoms with Crippen LogP contribution in [-0.4, -0.2) is 22.6 Å². The average Bonchev–Trinajstić information content (AvgIpc) is 2.46. The fourth-order valence-corrected chi connectivity index (χ4v) is 3.19. The molecular formula is C14H13ClFNO3S. The summed E-state index contributed by atoms with van der Waals surface area (Å²) in [6.45, 7) is 0. The first-order chi connectivity index (χ1) is 9.86. The lowest BCUT2D eigenvalue weighted by atomic mass is 10.3. The van der Waals surface area contributed by atoms with E-state index < -0.39 is 15.8 Å². The zero-order valence-electron chi connectivity index (χ0n) is 11.4. The second-order valence-corrected chi connectivity index (χ2v) is 6.62. The first-order valence-corrected chi connectivity index (χ1v) is 7.76. The molecule has 4 nitrogen and oxygen atoms in total. The van der Waals surface area contributed by atoms with Gasteiger partial charge in [-0.3, -0.25) is 4.31 Å². The predicted octanol–water partition coefficient (Wildman–Crippen LogP) is 3.31. The quantitative estimate of drug-likeness (QED) is 0.864. The van der Waals surface area contributed by atoms with Gasteiger partial charge in [0.05, 0.1) is 22.7 Å². The van der Waals surface area contributed by atoms with Gasteiger partial charge in [-0.05, 0) is 42.5 Å². The number of nitrogens with zero attached hydrogens (tertiary/aromatic N) is 1. The first kappa shape index (κ1) is 15.6. The molecule has 0 fully saturated rings. The average molecular weight is 330 g/mol. The van der Waals surface area contributed by atoms with E-state index in [2.05, 4.69) is 0 Å². The monoisotopic (exact) mass is 329 g/mol. The third-order valence-electron chi connectivity index (χ3n) is 2.97. The number of methoxy groups -OCH3 is 1. The van der Waals surface area contributed by atoms with Gasteiger partial charge < -0.3 is 4.74 Å². The molecule has 0 atom stereocenters. The molecule has 2 rings (SSSR count). The van der Waals surface area contributed by atoms with Crippen LogP contribution in [0.5, 0.6) is 5.75 Å². The van der Waals surface area contributed by atoms with Gasteiger partial charge in [-0.25, -0.2) is 12.8 Å². The number of rotatable bonds is 4. The first-order valence-electron chi connectivity index (χ1n) is 5.94. The molecule has 2 aromatic rings. The lowest BCUT2D eigenvalue weighted by Crippen LogP contribution is -2.26. The van der Waals surface area contributed by atoms with Gasteiger partial charge in [0.2, 0.25) is 0 Å². The largest absolute Gasteiger partial charge is 0.495 e. The zero-order chi connectivity index (χ0) is 15.6. The van der Waals surface area contributed by atoms with Crippen LogP contribution in [0.25, 0.3) is 0 Å². The molecule has 0 N–H and O–H groups in total. The van der Waals surface area contributed by atoms with Crippen molar-refractivity contribution in [3.8, 4) is 5.75 Å². The maximum atomic E-state index is 12.9. The molecule has 112 valence electrons. The molecule has 0 amide bonds. The Bertz CT molecular complexity index is 747. The molecule has 0 bridgehead atoms. The minimum absolute atomic E-state index is 0.00154. The van der Waals surface area contributed by atoms with Gasteiger partial charge in [0, 0.05) is 7.05 Å². The van der Waals surface area contributed by atoms with E-state index in [9.17, 15) is 12.8 Å². The Labute approximate surface area is 127 Å². The highest BCUT2D eigenvalue weighted by molar-refractivity contribution is 7.92. The molecule has 0 aliphatic heterocycles. The summed E-state index contributed by atoms with van der Waals surface area (Å²) in [4.78, 5) is -0.00154. The van der Waals surface area contributed by atoms with Gasteiger partial charge >= 0.3 is 0 Å². The van der Waals surface area contributed by atoms with Crippen LogP contribution < -0.4 is 9.04 Å². The van der Waals surface area contributed by atoms with Gasteiger partial charge in [0.25, 0.3) is 10.0 Å². The highest BCUT2D eigenvalue weighted by Crippen LogP contribution is 2.30. The van der Waals surface area contributed by atoms with Crippen molar-refractivity contribution < 1.29 is 17.5 Å². The van der Waals surface area contributed by atoms with Gasteiger partial charge in [0.15, 0.2) is 0 Å². The van der Waals surface area contributed by atoms with Crippen molar-refractivity contribution in [2.45, 2.75) is 4.90 Å². The molecule has 0 unspecified atom stereocenters. The van der Waals surface area contributed by atoms with Crippen LogP contribution in [0.15, 0.2) is 47.4 Å².